The fourth-order valence-electron chi connectivity index (χ4n) is 1.89. The summed E-state index contributed by atoms with van der Waals surface area (Å²) < 4.78 is 0. The Labute approximate surface area is 140 Å². The van der Waals surface area contributed by atoms with Gasteiger partial charge in [0, 0.05) is 30.5 Å². The fraction of sp³-hybridized carbons (Fsp3) is 0.176. The number of nitriles is 1. The zero-order valence-corrected chi connectivity index (χ0v) is 13.6. The molecule has 0 aliphatic rings. The van der Waals surface area contributed by atoms with Gasteiger partial charge in [0.1, 0.15) is 0 Å². The molecule has 22 heavy (non-hydrogen) atoms. The van der Waals surface area contributed by atoms with Crippen molar-refractivity contribution in [2.45, 2.75) is 6.42 Å². The third kappa shape index (κ3) is 4.49. The number of anilines is 1. The van der Waals surface area contributed by atoms with Crippen LogP contribution in [0, 0.1) is 11.3 Å². The van der Waals surface area contributed by atoms with Crippen LogP contribution >= 0.6 is 23.2 Å². The smallest absolute Gasteiger partial charge is 0.0817 e. The first kappa shape index (κ1) is 16.4. The summed E-state index contributed by atoms with van der Waals surface area (Å²) in [5.41, 5.74) is 2.72. The Bertz CT molecular complexity index is 703. The molecule has 5 heteroatoms. The summed E-state index contributed by atoms with van der Waals surface area (Å²) in [7, 11) is 1.97. The van der Waals surface area contributed by atoms with E-state index >= 15 is 0 Å². The third-order valence-corrected chi connectivity index (χ3v) is 3.69. The Kier molecular flexibility index (Phi) is 5.83. The van der Waals surface area contributed by atoms with Gasteiger partial charge < -0.3 is 4.90 Å². The Morgan fingerprint density at radius 3 is 2.55 bits per heavy atom. The second-order valence-corrected chi connectivity index (χ2v) is 5.62. The number of rotatable bonds is 5. The van der Waals surface area contributed by atoms with Crippen molar-refractivity contribution in [2.24, 2.45) is 4.99 Å². The molecular weight excluding hydrogens is 317 g/mol. The minimum atomic E-state index is 0.509. The van der Waals surface area contributed by atoms with Crippen LogP contribution in [0.25, 0.3) is 0 Å². The third-order valence-electron chi connectivity index (χ3n) is 3.16. The maximum atomic E-state index is 8.61. The molecule has 0 unspecified atom stereocenters. The average molecular weight is 332 g/mol. The lowest BCUT2D eigenvalue weighted by Gasteiger charge is -2.17. The Balaban J connectivity index is 2.07. The Morgan fingerprint density at radius 1 is 1.18 bits per heavy atom. The molecule has 0 N–H and O–H groups in total. The van der Waals surface area contributed by atoms with Crippen LogP contribution in [0.3, 0.4) is 0 Å². The highest BCUT2D eigenvalue weighted by Gasteiger charge is 2.01. The van der Waals surface area contributed by atoms with E-state index in [1.807, 2.05) is 36.2 Å². The number of halogens is 2. The molecule has 0 heterocycles. The summed E-state index contributed by atoms with van der Waals surface area (Å²) >= 11 is 11.9. The summed E-state index contributed by atoms with van der Waals surface area (Å²) in [6.07, 6.45) is 2.27. The molecule has 3 nitrogen and oxygen atoms in total. The van der Waals surface area contributed by atoms with E-state index in [9.17, 15) is 0 Å². The van der Waals surface area contributed by atoms with Crippen molar-refractivity contribution in [3.05, 3.63) is 58.1 Å². The van der Waals surface area contributed by atoms with Crippen molar-refractivity contribution in [1.82, 2.24) is 0 Å². The van der Waals surface area contributed by atoms with Gasteiger partial charge in [0.25, 0.3) is 0 Å². The number of benzene rings is 2. The Hall–Kier alpha value is -2.02. The van der Waals surface area contributed by atoms with Gasteiger partial charge in [0.2, 0.25) is 0 Å². The van der Waals surface area contributed by atoms with Gasteiger partial charge in [-0.2, -0.15) is 5.26 Å². The van der Waals surface area contributed by atoms with Crippen LogP contribution < -0.4 is 4.90 Å². The molecule has 0 spiro atoms. The average Bonchev–Trinajstić information content (AvgIpc) is 2.52. The topological polar surface area (TPSA) is 39.4 Å². The van der Waals surface area contributed by atoms with Crippen LogP contribution in [0.4, 0.5) is 11.4 Å². The maximum absolute atomic E-state index is 8.61. The molecule has 0 bridgehead atoms. The van der Waals surface area contributed by atoms with Crippen molar-refractivity contribution < 1.29 is 0 Å². The van der Waals surface area contributed by atoms with Gasteiger partial charge in [0.05, 0.1) is 23.2 Å². The molecule has 0 saturated carbocycles. The first-order valence-corrected chi connectivity index (χ1v) is 7.53. The first-order chi connectivity index (χ1) is 10.6. The molecule has 2 aromatic rings. The summed E-state index contributed by atoms with van der Waals surface area (Å²) in [6, 6.07) is 15.3. The van der Waals surface area contributed by atoms with Gasteiger partial charge in [-0.15, -0.1) is 0 Å². The number of hydrogen-bond donors (Lipinski definition) is 0. The highest BCUT2D eigenvalue weighted by molar-refractivity contribution is 6.36. The van der Waals surface area contributed by atoms with Crippen LogP contribution in [0.2, 0.25) is 10.0 Å². The molecule has 0 aromatic heterocycles. The number of nitrogens with zero attached hydrogens (tertiary/aromatic N) is 3. The van der Waals surface area contributed by atoms with Gasteiger partial charge >= 0.3 is 0 Å². The van der Waals surface area contributed by atoms with Crippen molar-refractivity contribution in [1.29, 1.82) is 5.26 Å². The van der Waals surface area contributed by atoms with Crippen LogP contribution in [0.5, 0.6) is 0 Å². The predicted molar refractivity (Wildman–Crippen MR) is 93.7 cm³/mol. The largest absolute Gasteiger partial charge is 0.374 e. The maximum Gasteiger partial charge on any atom is 0.0817 e. The van der Waals surface area contributed by atoms with Crippen LogP contribution in [-0.4, -0.2) is 19.8 Å². The van der Waals surface area contributed by atoms with E-state index in [1.165, 1.54) is 0 Å². The molecule has 2 rings (SSSR count). The molecule has 0 fully saturated rings. The normalized spacial score (nSPS) is 10.6. The van der Waals surface area contributed by atoms with Crippen molar-refractivity contribution >= 4 is 40.8 Å². The molecule has 112 valence electrons. The van der Waals surface area contributed by atoms with Gasteiger partial charge in [-0.25, -0.2) is 0 Å². The summed E-state index contributed by atoms with van der Waals surface area (Å²) in [5, 5.41) is 9.73. The van der Waals surface area contributed by atoms with E-state index in [1.54, 1.807) is 24.4 Å². The standard InChI is InChI=1S/C17H15Cl2N3/c1-22(10-2-9-20)15-6-3-13(4-7-15)12-21-17-8-5-14(18)11-16(17)19/h3-8,11-12H,2,10H2,1H3. The highest BCUT2D eigenvalue weighted by Crippen LogP contribution is 2.27. The summed E-state index contributed by atoms with van der Waals surface area (Å²) in [5.74, 6) is 0. The quantitative estimate of drug-likeness (QED) is 0.715. The van der Waals surface area contributed by atoms with Gasteiger partial charge in [-0.1, -0.05) is 35.3 Å². The molecule has 0 aliphatic heterocycles. The van der Waals surface area contributed by atoms with Gasteiger partial charge in [-0.3, -0.25) is 4.99 Å². The van der Waals surface area contributed by atoms with Crippen molar-refractivity contribution in [2.75, 3.05) is 18.5 Å². The first-order valence-electron chi connectivity index (χ1n) is 6.77. The molecule has 2 aromatic carbocycles. The van der Waals surface area contributed by atoms with Gasteiger partial charge in [0.15, 0.2) is 0 Å². The zero-order valence-electron chi connectivity index (χ0n) is 12.1. The van der Waals surface area contributed by atoms with E-state index in [0.717, 1.165) is 11.3 Å². The predicted octanol–water partition coefficient (Wildman–Crippen LogP) is 5.09. The van der Waals surface area contributed by atoms with E-state index in [4.69, 9.17) is 28.5 Å². The summed E-state index contributed by atoms with van der Waals surface area (Å²) in [4.78, 5) is 6.41. The van der Waals surface area contributed by atoms with Crippen LogP contribution in [0.1, 0.15) is 12.0 Å². The SMILES string of the molecule is CN(CCC#N)c1ccc(C=Nc2ccc(Cl)cc2Cl)cc1. The molecule has 0 amide bonds. The van der Waals surface area contributed by atoms with E-state index in [0.29, 0.717) is 28.7 Å². The minimum absolute atomic E-state index is 0.509. The van der Waals surface area contributed by atoms with E-state index in [-0.39, 0.29) is 0 Å². The van der Waals surface area contributed by atoms with Gasteiger partial charge in [-0.05, 0) is 35.9 Å². The lowest BCUT2D eigenvalue weighted by Crippen LogP contribution is -2.17. The molecular formula is C17H15Cl2N3. The fourth-order valence-corrected chi connectivity index (χ4v) is 2.35. The molecule has 0 radical (unpaired) electrons. The lowest BCUT2D eigenvalue weighted by molar-refractivity contribution is 0.905. The minimum Gasteiger partial charge on any atom is -0.374 e. The molecule has 0 saturated heterocycles. The van der Waals surface area contributed by atoms with E-state index < -0.39 is 0 Å². The van der Waals surface area contributed by atoms with Crippen LogP contribution in [-0.2, 0) is 0 Å². The number of hydrogen-bond acceptors (Lipinski definition) is 3. The van der Waals surface area contributed by atoms with Crippen molar-refractivity contribution in [3.8, 4) is 6.07 Å². The zero-order chi connectivity index (χ0) is 15.9. The monoisotopic (exact) mass is 331 g/mol. The highest BCUT2D eigenvalue weighted by atomic mass is 35.5. The second kappa shape index (κ2) is 7.84. The van der Waals surface area contributed by atoms with Crippen molar-refractivity contribution in [3.63, 3.8) is 0 Å². The summed E-state index contributed by atoms with van der Waals surface area (Å²) in [6.45, 7) is 0.713. The number of aliphatic imine (C=N–C) groups is 1. The Morgan fingerprint density at radius 2 is 1.91 bits per heavy atom. The molecule has 0 aliphatic carbocycles. The molecule has 0 atom stereocenters. The lowest BCUT2D eigenvalue weighted by atomic mass is 10.2. The second-order valence-electron chi connectivity index (χ2n) is 4.78. The van der Waals surface area contributed by atoms with E-state index in [2.05, 4.69) is 11.1 Å². The van der Waals surface area contributed by atoms with Crippen LogP contribution in [0.15, 0.2) is 47.5 Å².